The molecular weight excluding hydrogens is 356 g/mol. The molecule has 1 aliphatic carbocycles. The molecule has 0 saturated heterocycles. The van der Waals surface area contributed by atoms with E-state index in [1.54, 1.807) is 11.3 Å². The Bertz CT molecular complexity index is 875. The van der Waals surface area contributed by atoms with E-state index in [1.807, 2.05) is 23.6 Å². The number of hydrogen-bond donors (Lipinski definition) is 0. The van der Waals surface area contributed by atoms with Crippen LogP contribution in [0.5, 0.6) is 5.75 Å². The van der Waals surface area contributed by atoms with Gasteiger partial charge in [0.25, 0.3) is 0 Å². The Morgan fingerprint density at radius 2 is 1.74 bits per heavy atom. The van der Waals surface area contributed by atoms with Gasteiger partial charge >= 0.3 is 5.97 Å². The number of thiophene rings is 1. The highest BCUT2D eigenvalue weighted by Gasteiger charge is 2.23. The molecule has 0 aliphatic heterocycles. The molecule has 3 nitrogen and oxygen atoms in total. The van der Waals surface area contributed by atoms with Crippen LogP contribution in [0.1, 0.15) is 33.9 Å². The maximum Gasteiger partial charge on any atom is 0.306 e. The number of ether oxygens (including phenoxy) is 2. The van der Waals surface area contributed by atoms with Crippen LogP contribution in [-0.2, 0) is 22.4 Å². The van der Waals surface area contributed by atoms with Gasteiger partial charge in [0.15, 0.2) is 0 Å². The summed E-state index contributed by atoms with van der Waals surface area (Å²) in [7, 11) is 1.43. The second-order valence-electron chi connectivity index (χ2n) is 6.83. The lowest BCUT2D eigenvalue weighted by molar-refractivity contribution is -0.140. The van der Waals surface area contributed by atoms with Crippen molar-refractivity contribution in [3.05, 3.63) is 87.6 Å². The fourth-order valence-corrected chi connectivity index (χ4v) is 4.55. The third kappa shape index (κ3) is 4.06. The summed E-state index contributed by atoms with van der Waals surface area (Å²) in [4.78, 5) is 13.0. The predicted molar refractivity (Wildman–Crippen MR) is 108 cm³/mol. The van der Waals surface area contributed by atoms with Crippen LogP contribution in [0.4, 0.5) is 0 Å². The number of esters is 1. The normalized spacial score (nSPS) is 14.6. The molecule has 0 N–H and O–H groups in total. The van der Waals surface area contributed by atoms with Crippen molar-refractivity contribution in [2.45, 2.75) is 31.3 Å². The van der Waals surface area contributed by atoms with Crippen molar-refractivity contribution >= 4 is 17.3 Å². The molecular formula is C23H22O3S. The van der Waals surface area contributed by atoms with Crippen LogP contribution in [0.3, 0.4) is 0 Å². The molecule has 1 heterocycles. The van der Waals surface area contributed by atoms with E-state index in [1.165, 1.54) is 23.1 Å². The van der Waals surface area contributed by atoms with Gasteiger partial charge in [0, 0.05) is 23.6 Å². The SMILES string of the molecule is COC(=O)CC(c1ccc(OC2Cc3ccccc3C2)cc1)c1cccs1. The summed E-state index contributed by atoms with van der Waals surface area (Å²) < 4.78 is 11.1. The molecule has 1 aliphatic rings. The van der Waals surface area contributed by atoms with Gasteiger partial charge in [-0.1, -0.05) is 42.5 Å². The lowest BCUT2D eigenvalue weighted by Gasteiger charge is -2.17. The zero-order valence-corrected chi connectivity index (χ0v) is 16.1. The quantitative estimate of drug-likeness (QED) is 0.567. The highest BCUT2D eigenvalue weighted by Crippen LogP contribution is 2.33. The van der Waals surface area contributed by atoms with E-state index < -0.39 is 0 Å². The van der Waals surface area contributed by atoms with Crippen molar-refractivity contribution in [1.82, 2.24) is 0 Å². The first-order chi connectivity index (χ1) is 13.2. The Hall–Kier alpha value is -2.59. The average molecular weight is 378 g/mol. The van der Waals surface area contributed by atoms with Gasteiger partial charge in [0.1, 0.15) is 11.9 Å². The second-order valence-corrected chi connectivity index (χ2v) is 7.81. The van der Waals surface area contributed by atoms with Gasteiger partial charge in [0.2, 0.25) is 0 Å². The largest absolute Gasteiger partial charge is 0.490 e. The summed E-state index contributed by atoms with van der Waals surface area (Å²) >= 11 is 1.66. The van der Waals surface area contributed by atoms with Crippen LogP contribution in [0.25, 0.3) is 0 Å². The summed E-state index contributed by atoms with van der Waals surface area (Å²) in [6.07, 6.45) is 2.45. The van der Waals surface area contributed by atoms with E-state index in [2.05, 4.69) is 42.5 Å². The minimum absolute atomic E-state index is 0.0160. The zero-order chi connectivity index (χ0) is 18.6. The molecule has 1 unspecified atom stereocenters. The molecule has 0 amide bonds. The number of carbonyl (C=O) groups is 1. The number of benzene rings is 2. The number of hydrogen-bond acceptors (Lipinski definition) is 4. The van der Waals surface area contributed by atoms with E-state index in [4.69, 9.17) is 9.47 Å². The molecule has 1 aromatic heterocycles. The molecule has 3 aromatic rings. The smallest absolute Gasteiger partial charge is 0.306 e. The van der Waals surface area contributed by atoms with E-state index >= 15 is 0 Å². The zero-order valence-electron chi connectivity index (χ0n) is 15.3. The standard InChI is InChI=1S/C23H22O3S/c1-25-23(24)15-21(22-7-4-12-27-22)16-8-10-19(11-9-16)26-20-13-17-5-2-3-6-18(17)14-20/h2-12,20-21H,13-15H2,1H3. The summed E-state index contributed by atoms with van der Waals surface area (Å²) in [6, 6.07) is 20.8. The molecule has 0 saturated carbocycles. The van der Waals surface area contributed by atoms with Crippen molar-refractivity contribution in [2.75, 3.05) is 7.11 Å². The van der Waals surface area contributed by atoms with Gasteiger partial charge < -0.3 is 9.47 Å². The lowest BCUT2D eigenvalue weighted by Crippen LogP contribution is -2.16. The van der Waals surface area contributed by atoms with Crippen LogP contribution in [0.15, 0.2) is 66.0 Å². The lowest BCUT2D eigenvalue weighted by atomic mass is 9.94. The molecule has 0 radical (unpaired) electrons. The third-order valence-corrected chi connectivity index (χ3v) is 6.07. The van der Waals surface area contributed by atoms with E-state index in [9.17, 15) is 4.79 Å². The van der Waals surface area contributed by atoms with E-state index in [0.717, 1.165) is 24.2 Å². The monoisotopic (exact) mass is 378 g/mol. The van der Waals surface area contributed by atoms with Crippen LogP contribution in [0.2, 0.25) is 0 Å². The highest BCUT2D eigenvalue weighted by atomic mass is 32.1. The number of rotatable bonds is 6. The Morgan fingerprint density at radius 3 is 2.33 bits per heavy atom. The van der Waals surface area contributed by atoms with Crippen molar-refractivity contribution in [1.29, 1.82) is 0 Å². The minimum Gasteiger partial charge on any atom is -0.490 e. The molecule has 4 heteroatoms. The maximum atomic E-state index is 11.9. The van der Waals surface area contributed by atoms with Crippen LogP contribution < -0.4 is 4.74 Å². The van der Waals surface area contributed by atoms with Crippen LogP contribution in [0, 0.1) is 0 Å². The highest BCUT2D eigenvalue weighted by molar-refractivity contribution is 7.10. The fourth-order valence-electron chi connectivity index (χ4n) is 3.70. The predicted octanol–water partition coefficient (Wildman–Crippen LogP) is 4.99. The fraction of sp³-hybridized carbons (Fsp3) is 0.261. The Kier molecular flexibility index (Phi) is 5.26. The molecule has 1 atom stereocenters. The second kappa shape index (κ2) is 7.97. The summed E-state index contributed by atoms with van der Waals surface area (Å²) in [5.74, 6) is 0.694. The van der Waals surface area contributed by atoms with Gasteiger partial charge in [-0.05, 0) is 40.3 Å². The first kappa shape index (κ1) is 17.8. The van der Waals surface area contributed by atoms with Gasteiger partial charge in [0.05, 0.1) is 13.5 Å². The number of carbonyl (C=O) groups excluding carboxylic acids is 1. The van der Waals surface area contributed by atoms with E-state index in [0.29, 0.717) is 6.42 Å². The maximum absolute atomic E-state index is 11.9. The Balaban J connectivity index is 1.47. The number of methoxy groups -OCH3 is 1. The molecule has 0 spiro atoms. The number of fused-ring (bicyclic) bond motifs is 1. The first-order valence-electron chi connectivity index (χ1n) is 9.16. The third-order valence-electron chi connectivity index (χ3n) is 5.08. The first-order valence-corrected chi connectivity index (χ1v) is 10.0. The molecule has 27 heavy (non-hydrogen) atoms. The van der Waals surface area contributed by atoms with Gasteiger partial charge in [-0.25, -0.2) is 0 Å². The van der Waals surface area contributed by atoms with Crippen LogP contribution >= 0.6 is 11.3 Å². The van der Waals surface area contributed by atoms with Crippen molar-refractivity contribution < 1.29 is 14.3 Å². The molecule has 2 aromatic carbocycles. The summed E-state index contributed by atoms with van der Waals surface area (Å²) in [5.41, 5.74) is 3.87. The van der Waals surface area contributed by atoms with Crippen LogP contribution in [-0.4, -0.2) is 19.2 Å². The topological polar surface area (TPSA) is 35.5 Å². The summed E-state index contributed by atoms with van der Waals surface area (Å²) in [6.45, 7) is 0. The van der Waals surface area contributed by atoms with Crippen molar-refractivity contribution in [2.24, 2.45) is 0 Å². The summed E-state index contributed by atoms with van der Waals surface area (Å²) in [5, 5.41) is 2.04. The minimum atomic E-state index is -0.197. The van der Waals surface area contributed by atoms with E-state index in [-0.39, 0.29) is 18.0 Å². The molecule has 0 bridgehead atoms. The van der Waals surface area contributed by atoms with Crippen molar-refractivity contribution in [3.8, 4) is 5.75 Å². The Morgan fingerprint density at radius 1 is 1.04 bits per heavy atom. The van der Waals surface area contributed by atoms with Gasteiger partial charge in [-0.2, -0.15) is 0 Å². The Labute approximate surface area is 163 Å². The van der Waals surface area contributed by atoms with Gasteiger partial charge in [-0.15, -0.1) is 11.3 Å². The molecule has 0 fully saturated rings. The van der Waals surface area contributed by atoms with Crippen molar-refractivity contribution in [3.63, 3.8) is 0 Å². The molecule has 138 valence electrons. The average Bonchev–Trinajstić information content (AvgIpc) is 3.36. The van der Waals surface area contributed by atoms with Gasteiger partial charge in [-0.3, -0.25) is 4.79 Å². The molecule has 4 rings (SSSR count).